The first-order valence-corrected chi connectivity index (χ1v) is 9.87. The van der Waals surface area contributed by atoms with Crippen molar-refractivity contribution >= 4 is 65.3 Å². The lowest BCUT2D eigenvalue weighted by Gasteiger charge is -2.01. The van der Waals surface area contributed by atoms with Gasteiger partial charge in [-0.1, -0.05) is 17.4 Å². The lowest BCUT2D eigenvalue weighted by Crippen LogP contribution is -2.22. The number of fused-ring (bicyclic) bond motifs is 3. The van der Waals surface area contributed by atoms with E-state index in [9.17, 15) is 9.90 Å². The van der Waals surface area contributed by atoms with E-state index in [4.69, 9.17) is 0 Å². The van der Waals surface area contributed by atoms with Gasteiger partial charge in [0, 0.05) is 0 Å². The SMILES string of the molecule is Cc1cc(C)c2nc3s/c(=C\c4cc(Br)c(O)c(Br)c4)c(=O)n3c2c1. The van der Waals surface area contributed by atoms with E-state index in [0.717, 1.165) is 27.7 Å². The standard InChI is InChI=1S/C18H12Br2N2O2S/c1-8-3-9(2)15-13(4-8)22-17(24)14(25-18(22)21-15)7-10-5-11(19)16(23)12(20)6-10/h3-7,23H,1-2H3/b14-7-. The second-order valence-corrected chi connectivity index (χ2v) is 8.65. The summed E-state index contributed by atoms with van der Waals surface area (Å²) in [6.07, 6.45) is 1.81. The van der Waals surface area contributed by atoms with Crippen LogP contribution >= 0.6 is 43.2 Å². The maximum Gasteiger partial charge on any atom is 0.274 e. The minimum Gasteiger partial charge on any atom is -0.506 e. The van der Waals surface area contributed by atoms with E-state index in [1.807, 2.05) is 26.0 Å². The Labute approximate surface area is 163 Å². The molecule has 4 rings (SSSR count). The molecule has 0 atom stereocenters. The number of halogens is 2. The number of aryl methyl sites for hydroxylation is 2. The molecule has 0 unspecified atom stereocenters. The molecule has 0 aliphatic carbocycles. The third-order valence-corrected chi connectivity index (χ3v) is 6.19. The number of nitrogens with zero attached hydrogens (tertiary/aromatic N) is 2. The molecular formula is C18H12Br2N2O2S. The van der Waals surface area contributed by atoms with Crippen molar-refractivity contribution < 1.29 is 5.11 Å². The van der Waals surface area contributed by atoms with Gasteiger partial charge in [-0.25, -0.2) is 9.38 Å². The Morgan fingerprint density at radius 2 is 1.84 bits per heavy atom. The van der Waals surface area contributed by atoms with E-state index in [-0.39, 0.29) is 11.3 Å². The fourth-order valence-corrected chi connectivity index (χ4v) is 5.13. The molecule has 2 aromatic heterocycles. The van der Waals surface area contributed by atoms with E-state index in [1.165, 1.54) is 11.3 Å². The van der Waals surface area contributed by atoms with E-state index in [1.54, 1.807) is 16.5 Å². The second-order valence-electron chi connectivity index (χ2n) is 5.93. The van der Waals surface area contributed by atoms with Crippen LogP contribution in [0.5, 0.6) is 5.75 Å². The van der Waals surface area contributed by atoms with Crippen LogP contribution in [0.15, 0.2) is 38.0 Å². The molecule has 0 bridgehead atoms. The Kier molecular flexibility index (Phi) is 3.97. The van der Waals surface area contributed by atoms with Crippen molar-refractivity contribution in [2.24, 2.45) is 0 Å². The van der Waals surface area contributed by atoms with Crippen molar-refractivity contribution in [2.75, 3.05) is 0 Å². The van der Waals surface area contributed by atoms with Crippen molar-refractivity contribution in [2.45, 2.75) is 13.8 Å². The predicted molar refractivity (Wildman–Crippen MR) is 109 cm³/mol. The molecule has 0 radical (unpaired) electrons. The molecule has 0 aliphatic heterocycles. The summed E-state index contributed by atoms with van der Waals surface area (Å²) in [5.41, 5.74) is 4.64. The molecule has 126 valence electrons. The smallest absolute Gasteiger partial charge is 0.274 e. The first-order valence-electron chi connectivity index (χ1n) is 7.47. The van der Waals surface area contributed by atoms with Gasteiger partial charge in [0.05, 0.1) is 24.5 Å². The third kappa shape index (κ3) is 2.70. The zero-order valence-corrected chi connectivity index (χ0v) is 17.3. The van der Waals surface area contributed by atoms with Gasteiger partial charge in [-0.05, 0) is 86.7 Å². The number of rotatable bonds is 1. The van der Waals surface area contributed by atoms with Gasteiger partial charge in [0.2, 0.25) is 0 Å². The molecule has 0 amide bonds. The van der Waals surface area contributed by atoms with E-state index < -0.39 is 0 Å². The highest BCUT2D eigenvalue weighted by molar-refractivity contribution is 9.11. The van der Waals surface area contributed by atoms with Gasteiger partial charge in [0.25, 0.3) is 5.56 Å². The monoisotopic (exact) mass is 478 g/mol. The number of thiazole rings is 1. The molecule has 7 heteroatoms. The second kappa shape index (κ2) is 5.93. The first-order chi connectivity index (χ1) is 11.8. The lowest BCUT2D eigenvalue weighted by atomic mass is 10.1. The number of phenols is 1. The Balaban J connectivity index is 2.01. The van der Waals surface area contributed by atoms with Crippen LogP contribution < -0.4 is 10.1 Å². The van der Waals surface area contributed by atoms with Crippen LogP contribution in [0.1, 0.15) is 16.7 Å². The summed E-state index contributed by atoms with van der Waals surface area (Å²) >= 11 is 7.99. The van der Waals surface area contributed by atoms with Crippen LogP contribution in [0.3, 0.4) is 0 Å². The number of imidazole rings is 1. The van der Waals surface area contributed by atoms with E-state index in [2.05, 4.69) is 42.9 Å². The highest BCUT2D eigenvalue weighted by Gasteiger charge is 2.13. The number of phenolic OH excluding ortho intramolecular Hbond substituents is 1. The zero-order valence-electron chi connectivity index (χ0n) is 13.3. The van der Waals surface area contributed by atoms with Crippen molar-refractivity contribution in [1.82, 2.24) is 9.38 Å². The maximum absolute atomic E-state index is 12.9. The topological polar surface area (TPSA) is 54.6 Å². The summed E-state index contributed by atoms with van der Waals surface area (Å²) < 4.78 is 3.42. The molecule has 4 nitrogen and oxygen atoms in total. The van der Waals surface area contributed by atoms with Crippen LogP contribution in [-0.4, -0.2) is 14.5 Å². The van der Waals surface area contributed by atoms with Crippen molar-refractivity contribution in [3.05, 3.63) is 64.8 Å². The third-order valence-electron chi connectivity index (χ3n) is 4.02. The molecule has 0 fully saturated rings. The fraction of sp³-hybridized carbons (Fsp3) is 0.111. The minimum absolute atomic E-state index is 0.0761. The Morgan fingerprint density at radius 1 is 1.16 bits per heavy atom. The summed E-state index contributed by atoms with van der Waals surface area (Å²) in [7, 11) is 0. The minimum atomic E-state index is -0.0761. The average Bonchev–Trinajstić information content (AvgIpc) is 3.03. The summed E-state index contributed by atoms with van der Waals surface area (Å²) in [4.78, 5) is 18.2. The van der Waals surface area contributed by atoms with Gasteiger partial charge in [0.1, 0.15) is 5.75 Å². The van der Waals surface area contributed by atoms with Crippen molar-refractivity contribution in [1.29, 1.82) is 0 Å². The molecule has 25 heavy (non-hydrogen) atoms. The molecule has 0 aliphatic rings. The molecule has 0 spiro atoms. The van der Waals surface area contributed by atoms with Crippen molar-refractivity contribution in [3.8, 4) is 5.75 Å². The zero-order chi connectivity index (χ0) is 17.9. The largest absolute Gasteiger partial charge is 0.506 e. The van der Waals surface area contributed by atoms with Gasteiger partial charge in [-0.2, -0.15) is 0 Å². The number of benzene rings is 2. The molecule has 4 aromatic rings. The van der Waals surface area contributed by atoms with Crippen LogP contribution in [0.25, 0.3) is 22.1 Å². The normalized spacial score (nSPS) is 12.6. The van der Waals surface area contributed by atoms with E-state index >= 15 is 0 Å². The molecule has 0 saturated carbocycles. The summed E-state index contributed by atoms with van der Waals surface area (Å²) in [5, 5.41) is 9.82. The maximum atomic E-state index is 12.9. The molecule has 1 N–H and O–H groups in total. The molecule has 2 heterocycles. The van der Waals surface area contributed by atoms with Crippen LogP contribution in [0.4, 0.5) is 0 Å². The number of aromatic nitrogens is 2. The highest BCUT2D eigenvalue weighted by atomic mass is 79.9. The highest BCUT2D eigenvalue weighted by Crippen LogP contribution is 2.33. The quantitative estimate of drug-likeness (QED) is 0.442. The van der Waals surface area contributed by atoms with E-state index in [0.29, 0.717) is 18.4 Å². The van der Waals surface area contributed by atoms with Crippen LogP contribution in [0, 0.1) is 13.8 Å². The number of aromatic hydroxyl groups is 1. The van der Waals surface area contributed by atoms with Gasteiger partial charge < -0.3 is 5.11 Å². The fourth-order valence-electron chi connectivity index (χ4n) is 2.93. The number of hydrogen-bond donors (Lipinski definition) is 1. The van der Waals surface area contributed by atoms with Gasteiger partial charge >= 0.3 is 0 Å². The van der Waals surface area contributed by atoms with Crippen molar-refractivity contribution in [3.63, 3.8) is 0 Å². The molecular weight excluding hydrogens is 468 g/mol. The summed E-state index contributed by atoms with van der Waals surface area (Å²) in [5.74, 6) is 0.137. The summed E-state index contributed by atoms with van der Waals surface area (Å²) in [6.45, 7) is 4.02. The summed E-state index contributed by atoms with van der Waals surface area (Å²) in [6, 6.07) is 7.61. The number of hydrogen-bond acceptors (Lipinski definition) is 4. The first kappa shape index (κ1) is 16.8. The Morgan fingerprint density at radius 3 is 2.52 bits per heavy atom. The average molecular weight is 480 g/mol. The van der Waals surface area contributed by atoms with Gasteiger partial charge in [-0.15, -0.1) is 0 Å². The Bertz CT molecular complexity index is 1250. The van der Waals surface area contributed by atoms with Gasteiger partial charge in [0.15, 0.2) is 4.96 Å². The molecule has 0 saturated heterocycles. The lowest BCUT2D eigenvalue weighted by molar-refractivity contribution is 0.468. The predicted octanol–water partition coefficient (Wildman–Crippen LogP) is 4.30. The van der Waals surface area contributed by atoms with Gasteiger partial charge in [-0.3, -0.25) is 4.79 Å². The van der Waals surface area contributed by atoms with Crippen LogP contribution in [0.2, 0.25) is 0 Å². The molecule has 2 aromatic carbocycles. The Hall–Kier alpha value is -1.70. The van der Waals surface area contributed by atoms with Crippen LogP contribution in [-0.2, 0) is 0 Å².